The molecule has 85 heavy (non-hydrogen) atoms. The summed E-state index contributed by atoms with van der Waals surface area (Å²) in [5.41, 5.74) is 0. The normalized spacial score (nSPS) is 19.2. The summed E-state index contributed by atoms with van der Waals surface area (Å²) in [7, 11) is 0. The van der Waals surface area contributed by atoms with E-state index in [4.69, 9.17) is 14.2 Å². The van der Waals surface area contributed by atoms with Gasteiger partial charge in [0.15, 0.2) is 12.4 Å². The van der Waals surface area contributed by atoms with Gasteiger partial charge in [0.2, 0.25) is 5.91 Å². The maximum atomic E-state index is 13.4. The van der Waals surface area contributed by atoms with Gasteiger partial charge in [0.1, 0.15) is 24.4 Å². The van der Waals surface area contributed by atoms with Crippen LogP contribution in [-0.2, 0) is 23.8 Å². The van der Waals surface area contributed by atoms with E-state index in [1.54, 1.807) is 6.08 Å². The summed E-state index contributed by atoms with van der Waals surface area (Å²) in [6, 6.07) is -1.04. The first-order valence-electron chi connectivity index (χ1n) is 34.3. The number of carbonyl (C=O) groups is 2. The third-order valence-corrected chi connectivity index (χ3v) is 15.3. The first kappa shape index (κ1) is 79.1. The summed E-state index contributed by atoms with van der Waals surface area (Å²) < 4.78 is 17.7. The van der Waals surface area contributed by atoms with Gasteiger partial charge in [0.25, 0.3) is 0 Å². The van der Waals surface area contributed by atoms with E-state index in [-0.39, 0.29) is 19.4 Å². The summed E-state index contributed by atoms with van der Waals surface area (Å²) in [5.74, 6) is -1.22. The zero-order valence-corrected chi connectivity index (χ0v) is 53.9. The molecule has 1 rings (SSSR count). The summed E-state index contributed by atoms with van der Waals surface area (Å²) in [6.45, 7) is 5.63. The molecule has 1 saturated heterocycles. The number of unbranched alkanes of at least 4 members (excludes halogenated alkanes) is 25. The molecule has 11 nitrogen and oxygen atoms in total. The highest BCUT2D eigenvalue weighted by Crippen LogP contribution is 2.26. The molecule has 1 amide bonds. The summed E-state index contributed by atoms with van der Waals surface area (Å²) in [5, 5.41) is 57.1. The van der Waals surface area contributed by atoms with Crippen LogP contribution in [-0.4, -0.2) is 99.6 Å². The number of allylic oxidation sites excluding steroid dienone is 19. The van der Waals surface area contributed by atoms with Gasteiger partial charge in [-0.15, -0.1) is 0 Å². The van der Waals surface area contributed by atoms with Gasteiger partial charge < -0.3 is 45.1 Å². The molecule has 0 saturated carbocycles. The van der Waals surface area contributed by atoms with E-state index in [0.717, 1.165) is 141 Å². The second-order valence-electron chi connectivity index (χ2n) is 23.2. The van der Waals surface area contributed by atoms with Crippen LogP contribution >= 0.6 is 0 Å². The van der Waals surface area contributed by atoms with Crippen molar-refractivity contribution in [3.05, 3.63) is 122 Å². The predicted molar refractivity (Wildman–Crippen MR) is 356 cm³/mol. The molecule has 0 aromatic heterocycles. The van der Waals surface area contributed by atoms with Crippen LogP contribution in [0.3, 0.4) is 0 Å². The van der Waals surface area contributed by atoms with Gasteiger partial charge in [-0.25, -0.2) is 0 Å². The maximum absolute atomic E-state index is 13.4. The summed E-state index contributed by atoms with van der Waals surface area (Å²) >= 11 is 0. The highest BCUT2D eigenvalue weighted by Gasteiger charge is 2.47. The van der Waals surface area contributed by atoms with Crippen molar-refractivity contribution in [3.63, 3.8) is 0 Å². The van der Waals surface area contributed by atoms with Crippen LogP contribution in [0.4, 0.5) is 0 Å². The first-order chi connectivity index (χ1) is 41.7. The fourth-order valence-corrected chi connectivity index (χ4v) is 9.96. The molecule has 8 atom stereocenters. The second-order valence-corrected chi connectivity index (χ2v) is 23.2. The average Bonchev–Trinajstić information content (AvgIpc) is 2.92. The van der Waals surface area contributed by atoms with Crippen LogP contribution in [0, 0.1) is 0 Å². The minimum absolute atomic E-state index is 0.105. The fourth-order valence-electron chi connectivity index (χ4n) is 9.96. The van der Waals surface area contributed by atoms with E-state index in [0.29, 0.717) is 12.8 Å². The number of carbonyl (C=O) groups excluding carboxylic acids is 2. The van der Waals surface area contributed by atoms with Crippen molar-refractivity contribution in [1.82, 2.24) is 5.32 Å². The van der Waals surface area contributed by atoms with Gasteiger partial charge in [0.05, 0.1) is 25.4 Å². The molecule has 8 unspecified atom stereocenters. The predicted octanol–water partition coefficient (Wildman–Crippen LogP) is 17.4. The fraction of sp³-hybridized carbons (Fsp3) is 0.703. The van der Waals surface area contributed by atoms with Crippen LogP contribution < -0.4 is 5.32 Å². The van der Waals surface area contributed by atoms with Crippen LogP contribution in [0.15, 0.2) is 122 Å². The summed E-state index contributed by atoms with van der Waals surface area (Å²) in [4.78, 5) is 26.6. The molecule has 1 aliphatic rings. The van der Waals surface area contributed by atoms with E-state index in [9.17, 15) is 35.1 Å². The van der Waals surface area contributed by atoms with Gasteiger partial charge in [0, 0.05) is 6.42 Å². The Kier molecular flexibility index (Phi) is 56.1. The van der Waals surface area contributed by atoms with Crippen LogP contribution in [0.2, 0.25) is 0 Å². The largest absolute Gasteiger partial charge is 0.454 e. The molecule has 0 aromatic rings. The third-order valence-electron chi connectivity index (χ3n) is 15.3. The number of hydrogen-bond donors (Lipinski definition) is 6. The third kappa shape index (κ3) is 47.8. The van der Waals surface area contributed by atoms with Gasteiger partial charge in [-0.2, -0.15) is 0 Å². The Labute approximate surface area is 519 Å². The van der Waals surface area contributed by atoms with E-state index in [1.165, 1.54) is 83.5 Å². The van der Waals surface area contributed by atoms with Crippen molar-refractivity contribution in [2.45, 2.75) is 320 Å². The van der Waals surface area contributed by atoms with E-state index >= 15 is 0 Å². The molecule has 6 N–H and O–H groups in total. The lowest BCUT2D eigenvalue weighted by atomic mass is 9.99. The van der Waals surface area contributed by atoms with Gasteiger partial charge in [-0.1, -0.05) is 271 Å². The zero-order valence-electron chi connectivity index (χ0n) is 53.9. The molecule has 0 radical (unpaired) electrons. The molecule has 1 aliphatic heterocycles. The standard InChI is InChI=1S/C74H125NO10/c1-4-7-10-13-16-19-22-24-26-28-30-31-32-33-34-35-36-37-38-40-42-44-47-50-53-56-59-62-69(79)85-72-71(81)70(80)68(63-76)84-74(72)83-64-65(66(77)60-57-54-51-48-45-21-18-15-12-9-6-3)75-73(82)67(78)61-58-55-52-49-46-43-41-39-29-27-25-23-20-17-14-11-8-5-2/h7,10,16-17,19-20,24-27,30-31,33-34,36-37,39,41,57,60,65-68,70-72,74,76-78,80-81H,4-6,8-9,11-15,18,21-23,28-29,32,35,38,40,42-56,58-59,61-64H2,1-3H3,(H,75,82)/b10-7-,19-16-,20-17-,26-24-,27-25-,31-30-,34-33-,37-36-,41-39-,60-57+. The van der Waals surface area contributed by atoms with Crippen LogP contribution in [0.1, 0.15) is 271 Å². The number of amides is 1. The molecule has 1 fully saturated rings. The molecular weight excluding hydrogens is 1060 g/mol. The van der Waals surface area contributed by atoms with Gasteiger partial charge in [-0.05, 0) is 116 Å². The molecular formula is C74H125NO10. The lowest BCUT2D eigenvalue weighted by Crippen LogP contribution is -2.61. The second kappa shape index (κ2) is 60.3. The number of aliphatic hydroxyl groups is 5. The number of ether oxygens (including phenoxy) is 3. The number of rotatable bonds is 57. The highest BCUT2D eigenvalue weighted by molar-refractivity contribution is 5.80. The van der Waals surface area contributed by atoms with Crippen LogP contribution in [0.5, 0.6) is 0 Å². The quantitative estimate of drug-likeness (QED) is 0.0195. The smallest absolute Gasteiger partial charge is 0.306 e. The highest BCUT2D eigenvalue weighted by atomic mass is 16.7. The van der Waals surface area contributed by atoms with Crippen LogP contribution in [0.25, 0.3) is 0 Å². The Morgan fingerprint density at radius 2 is 0.847 bits per heavy atom. The van der Waals surface area contributed by atoms with E-state index < -0.39 is 67.4 Å². The molecule has 0 aliphatic carbocycles. The topological polar surface area (TPSA) is 175 Å². The monoisotopic (exact) mass is 1190 g/mol. The Morgan fingerprint density at radius 3 is 1.29 bits per heavy atom. The zero-order chi connectivity index (χ0) is 61.7. The van der Waals surface area contributed by atoms with Crippen molar-refractivity contribution >= 4 is 11.9 Å². The van der Waals surface area contributed by atoms with Gasteiger partial charge in [-0.3, -0.25) is 9.59 Å². The van der Waals surface area contributed by atoms with E-state index in [1.807, 2.05) is 6.08 Å². The Bertz CT molecular complexity index is 1850. The number of hydrogen-bond acceptors (Lipinski definition) is 10. The minimum atomic E-state index is -1.63. The van der Waals surface area contributed by atoms with E-state index in [2.05, 4.69) is 135 Å². The molecule has 0 bridgehead atoms. The maximum Gasteiger partial charge on any atom is 0.306 e. The lowest BCUT2D eigenvalue weighted by Gasteiger charge is -2.41. The number of nitrogens with one attached hydrogen (secondary N) is 1. The molecule has 0 spiro atoms. The Hall–Kier alpha value is -3.94. The van der Waals surface area contributed by atoms with Crippen molar-refractivity contribution in [1.29, 1.82) is 0 Å². The van der Waals surface area contributed by atoms with Crippen molar-refractivity contribution in [2.24, 2.45) is 0 Å². The van der Waals surface area contributed by atoms with Crippen molar-refractivity contribution in [2.75, 3.05) is 13.2 Å². The summed E-state index contributed by atoms with van der Waals surface area (Å²) in [6.07, 6.45) is 73.7. The molecule has 486 valence electrons. The number of esters is 1. The molecule has 0 aromatic carbocycles. The Morgan fingerprint density at radius 1 is 0.471 bits per heavy atom. The lowest BCUT2D eigenvalue weighted by molar-refractivity contribution is -0.305. The average molecular weight is 1190 g/mol. The number of aliphatic hydroxyl groups excluding tert-OH is 5. The first-order valence-corrected chi connectivity index (χ1v) is 34.3. The van der Waals surface area contributed by atoms with Crippen molar-refractivity contribution in [3.8, 4) is 0 Å². The SMILES string of the molecule is CC/C=C\C/C=C\C/C=C\C/C=C\C/C=C\C/C=C\CCCCCCCCCCC(=O)OC1C(OCC(NC(=O)C(O)CCCCCCC/C=C\C/C=C\C/C=C\CCCCC)C(O)/C=C/CCCCCCCCCCC)OC(CO)C(O)C1O. The van der Waals surface area contributed by atoms with Gasteiger partial charge >= 0.3 is 5.97 Å². The molecule has 11 heteroatoms. The Balaban J connectivity index is 2.59. The molecule has 1 heterocycles. The minimum Gasteiger partial charge on any atom is -0.454 e. The van der Waals surface area contributed by atoms with Crippen molar-refractivity contribution < 1.29 is 49.3 Å².